The van der Waals surface area contributed by atoms with E-state index in [2.05, 4.69) is 10.3 Å². The fourth-order valence-corrected chi connectivity index (χ4v) is 2.75. The highest BCUT2D eigenvalue weighted by Gasteiger charge is 2.50. The average molecular weight is 346 g/mol. The van der Waals surface area contributed by atoms with Crippen molar-refractivity contribution in [2.24, 2.45) is 0 Å². The number of esters is 2. The standard InChI is InChI=1S/C18H22N2O5/c1-4-24-16(22)18(20-12(3)21,17(23)25-5-2)10-13-11-19-15-9-7-6-8-14(13)15/h6-9,11,19H,4-5,10H2,1-3H3,(H,20,21). The van der Waals surface area contributed by atoms with Gasteiger partial charge in [0, 0.05) is 30.4 Å². The van der Waals surface area contributed by atoms with Crippen molar-refractivity contribution in [2.75, 3.05) is 13.2 Å². The van der Waals surface area contributed by atoms with E-state index in [0.717, 1.165) is 10.9 Å². The summed E-state index contributed by atoms with van der Waals surface area (Å²) in [5.74, 6) is -2.20. The van der Waals surface area contributed by atoms with Gasteiger partial charge in [0.15, 0.2) is 0 Å². The maximum atomic E-state index is 12.6. The first-order chi connectivity index (χ1) is 11.9. The number of fused-ring (bicyclic) bond motifs is 1. The van der Waals surface area contributed by atoms with Gasteiger partial charge in [-0.1, -0.05) is 18.2 Å². The van der Waals surface area contributed by atoms with Crippen LogP contribution < -0.4 is 5.32 Å². The third-order valence-electron chi connectivity index (χ3n) is 3.77. The molecule has 7 nitrogen and oxygen atoms in total. The summed E-state index contributed by atoms with van der Waals surface area (Å²) in [5.41, 5.74) is -0.365. The molecule has 134 valence electrons. The zero-order valence-corrected chi connectivity index (χ0v) is 14.5. The Hall–Kier alpha value is -2.83. The van der Waals surface area contributed by atoms with Gasteiger partial charge in [0.05, 0.1) is 13.2 Å². The van der Waals surface area contributed by atoms with Gasteiger partial charge < -0.3 is 19.8 Å². The normalized spacial score (nSPS) is 11.2. The SMILES string of the molecule is CCOC(=O)C(Cc1c[nH]c2ccccc12)(NC(C)=O)C(=O)OCC. The molecule has 1 amide bonds. The third kappa shape index (κ3) is 3.81. The number of hydrogen-bond donors (Lipinski definition) is 2. The predicted octanol–water partition coefficient (Wildman–Crippen LogP) is 1.71. The maximum Gasteiger partial charge on any atom is 0.344 e. The van der Waals surface area contributed by atoms with E-state index in [0.29, 0.717) is 5.56 Å². The Morgan fingerprint density at radius 1 is 1.08 bits per heavy atom. The highest BCUT2D eigenvalue weighted by Crippen LogP contribution is 2.25. The monoisotopic (exact) mass is 346 g/mol. The number of aromatic amines is 1. The summed E-state index contributed by atoms with van der Waals surface area (Å²) >= 11 is 0. The number of amides is 1. The molecule has 0 spiro atoms. The molecule has 0 aliphatic heterocycles. The van der Waals surface area contributed by atoms with Crippen LogP contribution in [-0.4, -0.2) is 41.6 Å². The Balaban J connectivity index is 2.52. The fourth-order valence-electron chi connectivity index (χ4n) is 2.75. The molecule has 0 aliphatic carbocycles. The van der Waals surface area contributed by atoms with Crippen LogP contribution in [0.4, 0.5) is 0 Å². The smallest absolute Gasteiger partial charge is 0.344 e. The molecule has 0 bridgehead atoms. The number of nitrogens with one attached hydrogen (secondary N) is 2. The summed E-state index contributed by atoms with van der Waals surface area (Å²) in [5, 5.41) is 3.32. The van der Waals surface area contributed by atoms with Crippen molar-refractivity contribution in [3.63, 3.8) is 0 Å². The average Bonchev–Trinajstić information content (AvgIpc) is 2.97. The van der Waals surface area contributed by atoms with Crippen LogP contribution in [0, 0.1) is 0 Å². The molecule has 0 saturated heterocycles. The third-order valence-corrected chi connectivity index (χ3v) is 3.77. The van der Waals surface area contributed by atoms with Crippen LogP contribution >= 0.6 is 0 Å². The number of H-pyrrole nitrogens is 1. The summed E-state index contributed by atoms with van der Waals surface area (Å²) in [6, 6.07) is 7.48. The molecule has 2 rings (SSSR count). The van der Waals surface area contributed by atoms with Gasteiger partial charge in [-0.25, -0.2) is 9.59 Å². The van der Waals surface area contributed by atoms with Gasteiger partial charge in [0.2, 0.25) is 11.4 Å². The summed E-state index contributed by atoms with van der Waals surface area (Å²) in [6.45, 7) is 4.66. The highest BCUT2D eigenvalue weighted by molar-refractivity contribution is 6.08. The molecular formula is C18H22N2O5. The Morgan fingerprint density at radius 3 is 2.24 bits per heavy atom. The van der Waals surface area contributed by atoms with Gasteiger partial charge in [0.25, 0.3) is 0 Å². The summed E-state index contributed by atoms with van der Waals surface area (Å²) in [4.78, 5) is 40.1. The molecule has 0 fully saturated rings. The van der Waals surface area contributed by atoms with E-state index in [-0.39, 0.29) is 19.6 Å². The minimum Gasteiger partial charge on any atom is -0.464 e. The second kappa shape index (κ2) is 7.83. The van der Waals surface area contributed by atoms with E-state index in [9.17, 15) is 14.4 Å². The van der Waals surface area contributed by atoms with E-state index in [4.69, 9.17) is 9.47 Å². The molecule has 0 unspecified atom stereocenters. The molecular weight excluding hydrogens is 324 g/mol. The van der Waals surface area contributed by atoms with Crippen LogP contribution in [0.25, 0.3) is 10.9 Å². The van der Waals surface area contributed by atoms with Crippen LogP contribution in [-0.2, 0) is 30.3 Å². The number of hydrogen-bond acceptors (Lipinski definition) is 5. The number of para-hydroxylation sites is 1. The summed E-state index contributed by atoms with van der Waals surface area (Å²) < 4.78 is 10.1. The molecule has 25 heavy (non-hydrogen) atoms. The fraction of sp³-hybridized carbons (Fsp3) is 0.389. The van der Waals surface area contributed by atoms with Crippen molar-refractivity contribution in [3.05, 3.63) is 36.0 Å². The number of carbonyl (C=O) groups is 3. The van der Waals surface area contributed by atoms with Gasteiger partial charge in [-0.3, -0.25) is 4.79 Å². The Bertz CT molecular complexity index is 763. The van der Waals surface area contributed by atoms with Crippen LogP contribution in [0.5, 0.6) is 0 Å². The quantitative estimate of drug-likeness (QED) is 0.587. The second-order valence-electron chi connectivity index (χ2n) is 5.56. The molecule has 1 aromatic carbocycles. The topological polar surface area (TPSA) is 97.5 Å². The Kier molecular flexibility index (Phi) is 5.80. The lowest BCUT2D eigenvalue weighted by Gasteiger charge is -2.29. The van der Waals surface area contributed by atoms with Crippen LogP contribution in [0.1, 0.15) is 26.3 Å². The van der Waals surface area contributed by atoms with Crippen LogP contribution in [0.15, 0.2) is 30.5 Å². The largest absolute Gasteiger partial charge is 0.464 e. The molecule has 1 heterocycles. The zero-order valence-electron chi connectivity index (χ0n) is 14.5. The first kappa shape index (κ1) is 18.5. The van der Waals surface area contributed by atoms with Crippen molar-refractivity contribution < 1.29 is 23.9 Å². The van der Waals surface area contributed by atoms with Crippen molar-refractivity contribution >= 4 is 28.7 Å². The molecule has 0 saturated carbocycles. The van der Waals surface area contributed by atoms with Crippen LogP contribution in [0.2, 0.25) is 0 Å². The maximum absolute atomic E-state index is 12.6. The molecule has 2 aromatic rings. The number of carbonyl (C=O) groups excluding carboxylic acids is 3. The van der Waals surface area contributed by atoms with Gasteiger partial charge in [-0.15, -0.1) is 0 Å². The lowest BCUT2D eigenvalue weighted by Crippen LogP contribution is -2.62. The highest BCUT2D eigenvalue weighted by atomic mass is 16.6. The first-order valence-corrected chi connectivity index (χ1v) is 8.12. The van der Waals surface area contributed by atoms with E-state index in [1.165, 1.54) is 6.92 Å². The number of rotatable bonds is 7. The second-order valence-corrected chi connectivity index (χ2v) is 5.56. The lowest BCUT2D eigenvalue weighted by atomic mass is 9.90. The zero-order chi connectivity index (χ0) is 18.4. The Morgan fingerprint density at radius 2 is 1.68 bits per heavy atom. The van der Waals surface area contributed by atoms with E-state index >= 15 is 0 Å². The van der Waals surface area contributed by atoms with E-state index in [1.807, 2.05) is 24.3 Å². The minimum absolute atomic E-state index is 0.0751. The number of aromatic nitrogens is 1. The van der Waals surface area contributed by atoms with Crippen molar-refractivity contribution in [3.8, 4) is 0 Å². The first-order valence-electron chi connectivity index (χ1n) is 8.12. The summed E-state index contributed by atoms with van der Waals surface area (Å²) in [6.07, 6.45) is 1.63. The molecule has 0 radical (unpaired) electrons. The van der Waals surface area contributed by atoms with Gasteiger partial charge in [0.1, 0.15) is 0 Å². The molecule has 2 N–H and O–H groups in total. The van der Waals surface area contributed by atoms with Gasteiger partial charge in [-0.05, 0) is 25.5 Å². The molecule has 1 aromatic heterocycles. The molecule has 7 heteroatoms. The minimum atomic E-state index is -1.93. The van der Waals surface area contributed by atoms with Gasteiger partial charge >= 0.3 is 11.9 Å². The van der Waals surface area contributed by atoms with Crippen molar-refractivity contribution in [2.45, 2.75) is 32.7 Å². The molecule has 0 aliphatic rings. The van der Waals surface area contributed by atoms with Gasteiger partial charge in [-0.2, -0.15) is 0 Å². The van der Waals surface area contributed by atoms with E-state index in [1.54, 1.807) is 20.0 Å². The Labute approximate surface area is 145 Å². The summed E-state index contributed by atoms with van der Waals surface area (Å²) in [7, 11) is 0. The van der Waals surface area contributed by atoms with Crippen molar-refractivity contribution in [1.29, 1.82) is 0 Å². The van der Waals surface area contributed by atoms with E-state index < -0.39 is 23.4 Å². The van der Waals surface area contributed by atoms with Crippen LogP contribution in [0.3, 0.4) is 0 Å². The van der Waals surface area contributed by atoms with Crippen molar-refractivity contribution in [1.82, 2.24) is 10.3 Å². The number of ether oxygens (including phenoxy) is 2. The lowest BCUT2D eigenvalue weighted by molar-refractivity contribution is -0.167. The predicted molar refractivity (Wildman–Crippen MR) is 91.8 cm³/mol. The molecule has 0 atom stereocenters. The number of benzene rings is 1.